The average Bonchev–Trinajstić information content (AvgIpc) is 2.59. The molecule has 0 aromatic heterocycles. The van der Waals surface area contributed by atoms with Gasteiger partial charge in [0.05, 0.1) is 7.11 Å². The van der Waals surface area contributed by atoms with Gasteiger partial charge in [0.25, 0.3) is 0 Å². The summed E-state index contributed by atoms with van der Waals surface area (Å²) in [6.45, 7) is 0.410. The third-order valence-corrected chi connectivity index (χ3v) is 3.71. The van der Waals surface area contributed by atoms with Gasteiger partial charge in [-0.3, -0.25) is 4.79 Å². The van der Waals surface area contributed by atoms with Crippen LogP contribution in [0.2, 0.25) is 0 Å². The van der Waals surface area contributed by atoms with Gasteiger partial charge < -0.3 is 15.2 Å². The quantitative estimate of drug-likeness (QED) is 0.784. The first-order valence-electron chi connectivity index (χ1n) is 7.26. The molecule has 0 bridgehead atoms. The molecule has 0 saturated heterocycles. The molecule has 0 atom stereocenters. The highest BCUT2D eigenvalue weighted by molar-refractivity contribution is 5.93. The second-order valence-electron chi connectivity index (χ2n) is 5.16. The van der Waals surface area contributed by atoms with Crippen LogP contribution in [-0.4, -0.2) is 13.0 Å². The molecule has 0 radical (unpaired) electrons. The smallest absolute Gasteiger partial charge is 0.248 e. The predicted octanol–water partition coefficient (Wildman–Crippen LogP) is 3.53. The highest BCUT2D eigenvalue weighted by atomic mass is 16.5. The maximum absolute atomic E-state index is 11.2. The number of carbonyl (C=O) groups excluding carboxylic acids is 1. The molecule has 0 heterocycles. The Hall–Kier alpha value is -3.01. The van der Waals surface area contributed by atoms with E-state index in [0.29, 0.717) is 23.7 Å². The van der Waals surface area contributed by atoms with E-state index in [1.807, 2.05) is 24.3 Å². The first-order chi connectivity index (χ1) is 11.2. The number of nitrogens with two attached hydrogens (primary N) is 1. The van der Waals surface area contributed by atoms with Crippen LogP contribution in [0.15, 0.2) is 60.7 Å². The molecule has 23 heavy (non-hydrogen) atoms. The Labute approximate surface area is 134 Å². The minimum atomic E-state index is -0.496. The largest absolute Gasteiger partial charge is 0.493 e. The fraction of sp³-hybridized carbons (Fsp3) is 0.105. The minimum absolute atomic E-state index is 0.388. The van der Waals surface area contributed by atoms with Crippen molar-refractivity contribution < 1.29 is 14.3 Å². The van der Waals surface area contributed by atoms with Crippen LogP contribution in [0, 0.1) is 0 Å². The number of fused-ring (bicyclic) bond motifs is 1. The lowest BCUT2D eigenvalue weighted by atomic mass is 10.1. The molecule has 3 aromatic carbocycles. The lowest BCUT2D eigenvalue weighted by Crippen LogP contribution is -2.11. The summed E-state index contributed by atoms with van der Waals surface area (Å²) in [5.41, 5.74) is 6.75. The summed E-state index contributed by atoms with van der Waals surface area (Å²) in [6.07, 6.45) is 0. The summed E-state index contributed by atoms with van der Waals surface area (Å²) in [4.78, 5) is 11.2. The number of methoxy groups -OCH3 is 1. The molecule has 3 rings (SSSR count). The van der Waals surface area contributed by atoms with E-state index >= 15 is 0 Å². The number of hydrogen-bond acceptors (Lipinski definition) is 3. The molecule has 0 unspecified atom stereocenters. The van der Waals surface area contributed by atoms with E-state index in [4.69, 9.17) is 15.2 Å². The van der Waals surface area contributed by atoms with Crippen molar-refractivity contribution in [3.63, 3.8) is 0 Å². The average molecular weight is 307 g/mol. The van der Waals surface area contributed by atoms with Gasteiger partial charge in [0, 0.05) is 5.56 Å². The van der Waals surface area contributed by atoms with Crippen LogP contribution in [0.25, 0.3) is 10.8 Å². The molecule has 0 aliphatic rings. The van der Waals surface area contributed by atoms with Crippen molar-refractivity contribution in [1.82, 2.24) is 0 Å². The molecule has 0 fully saturated rings. The molecular formula is C19H17NO3. The van der Waals surface area contributed by atoms with Gasteiger partial charge in [-0.1, -0.05) is 42.5 Å². The first-order valence-corrected chi connectivity index (χ1v) is 7.26. The number of benzene rings is 3. The van der Waals surface area contributed by atoms with Gasteiger partial charge >= 0.3 is 0 Å². The summed E-state index contributed by atoms with van der Waals surface area (Å²) in [5, 5.41) is 2.33. The van der Waals surface area contributed by atoms with Crippen molar-refractivity contribution in [2.75, 3.05) is 7.11 Å². The van der Waals surface area contributed by atoms with Crippen LogP contribution in [-0.2, 0) is 6.61 Å². The van der Waals surface area contributed by atoms with E-state index in [-0.39, 0.29) is 0 Å². The standard InChI is InChI=1S/C19H17NO3/c1-22-18-11-14(19(20)21)9-10-17(18)23-12-15-7-4-6-13-5-2-3-8-16(13)15/h2-11H,12H2,1H3,(H2,20,21). The second kappa shape index (κ2) is 6.40. The van der Waals surface area contributed by atoms with E-state index in [9.17, 15) is 4.79 Å². The van der Waals surface area contributed by atoms with Crippen molar-refractivity contribution in [3.8, 4) is 11.5 Å². The molecule has 4 heteroatoms. The number of amides is 1. The lowest BCUT2D eigenvalue weighted by Gasteiger charge is -2.12. The predicted molar refractivity (Wildman–Crippen MR) is 89.8 cm³/mol. The summed E-state index contributed by atoms with van der Waals surface area (Å²) < 4.78 is 11.2. The fourth-order valence-electron chi connectivity index (χ4n) is 2.51. The molecule has 4 nitrogen and oxygen atoms in total. The Kier molecular flexibility index (Phi) is 4.15. The van der Waals surface area contributed by atoms with E-state index in [2.05, 4.69) is 18.2 Å². The second-order valence-corrected chi connectivity index (χ2v) is 5.16. The number of carbonyl (C=O) groups is 1. The molecule has 0 saturated carbocycles. The summed E-state index contributed by atoms with van der Waals surface area (Å²) in [7, 11) is 1.53. The van der Waals surface area contributed by atoms with Crippen LogP contribution < -0.4 is 15.2 Å². The van der Waals surface area contributed by atoms with Gasteiger partial charge in [0.1, 0.15) is 6.61 Å². The van der Waals surface area contributed by atoms with Gasteiger partial charge in [0.15, 0.2) is 11.5 Å². The van der Waals surface area contributed by atoms with E-state index < -0.39 is 5.91 Å². The Morgan fingerprint density at radius 3 is 2.57 bits per heavy atom. The normalized spacial score (nSPS) is 10.5. The third kappa shape index (κ3) is 3.11. The van der Waals surface area contributed by atoms with Crippen LogP contribution in [0.3, 0.4) is 0 Å². The lowest BCUT2D eigenvalue weighted by molar-refractivity contribution is 0.1000. The Morgan fingerprint density at radius 1 is 1.00 bits per heavy atom. The zero-order valence-electron chi connectivity index (χ0n) is 12.8. The van der Waals surface area contributed by atoms with Crippen molar-refractivity contribution in [3.05, 3.63) is 71.8 Å². The maximum atomic E-state index is 11.2. The molecule has 0 spiro atoms. The van der Waals surface area contributed by atoms with Crippen molar-refractivity contribution in [1.29, 1.82) is 0 Å². The molecular weight excluding hydrogens is 290 g/mol. The van der Waals surface area contributed by atoms with Gasteiger partial charge in [-0.15, -0.1) is 0 Å². The summed E-state index contributed by atoms with van der Waals surface area (Å²) in [5.74, 6) is 0.566. The van der Waals surface area contributed by atoms with Gasteiger partial charge in [-0.2, -0.15) is 0 Å². The van der Waals surface area contributed by atoms with Gasteiger partial charge in [-0.25, -0.2) is 0 Å². The van der Waals surface area contributed by atoms with Crippen LogP contribution >= 0.6 is 0 Å². The van der Waals surface area contributed by atoms with E-state index in [0.717, 1.165) is 10.9 Å². The number of hydrogen-bond donors (Lipinski definition) is 1. The van der Waals surface area contributed by atoms with Crippen LogP contribution in [0.1, 0.15) is 15.9 Å². The Balaban J connectivity index is 1.86. The molecule has 116 valence electrons. The number of primary amides is 1. The SMILES string of the molecule is COc1cc(C(N)=O)ccc1OCc1cccc2ccccc12. The number of rotatable bonds is 5. The summed E-state index contributed by atoms with van der Waals surface area (Å²) in [6, 6.07) is 19.2. The minimum Gasteiger partial charge on any atom is -0.493 e. The highest BCUT2D eigenvalue weighted by Gasteiger charge is 2.09. The summed E-state index contributed by atoms with van der Waals surface area (Å²) >= 11 is 0. The van der Waals surface area contributed by atoms with Crippen molar-refractivity contribution in [2.45, 2.75) is 6.61 Å². The first kappa shape index (κ1) is 14.9. The van der Waals surface area contributed by atoms with Crippen LogP contribution in [0.4, 0.5) is 0 Å². The van der Waals surface area contributed by atoms with E-state index in [1.165, 1.54) is 12.5 Å². The fourth-order valence-corrected chi connectivity index (χ4v) is 2.51. The van der Waals surface area contributed by atoms with Gasteiger partial charge in [-0.05, 0) is 34.5 Å². The monoisotopic (exact) mass is 307 g/mol. The number of ether oxygens (including phenoxy) is 2. The highest BCUT2D eigenvalue weighted by Crippen LogP contribution is 2.29. The van der Waals surface area contributed by atoms with Crippen molar-refractivity contribution >= 4 is 16.7 Å². The third-order valence-electron chi connectivity index (χ3n) is 3.71. The Bertz CT molecular complexity index is 853. The van der Waals surface area contributed by atoms with Crippen molar-refractivity contribution in [2.24, 2.45) is 5.73 Å². The molecule has 0 aliphatic heterocycles. The zero-order valence-corrected chi connectivity index (χ0v) is 12.8. The zero-order chi connectivity index (χ0) is 16.2. The molecule has 1 amide bonds. The molecule has 0 aliphatic carbocycles. The van der Waals surface area contributed by atoms with E-state index in [1.54, 1.807) is 18.2 Å². The van der Waals surface area contributed by atoms with Gasteiger partial charge in [0.2, 0.25) is 5.91 Å². The molecule has 2 N–H and O–H groups in total. The molecule has 3 aromatic rings. The maximum Gasteiger partial charge on any atom is 0.248 e. The Morgan fingerprint density at radius 2 is 1.78 bits per heavy atom. The van der Waals surface area contributed by atoms with Crippen LogP contribution in [0.5, 0.6) is 11.5 Å². The topological polar surface area (TPSA) is 61.5 Å².